The Morgan fingerprint density at radius 2 is 1.80 bits per heavy atom. The average molecular weight is 352 g/mol. The molecule has 0 N–H and O–H groups in total. The van der Waals surface area contributed by atoms with Crippen LogP contribution in [0.3, 0.4) is 0 Å². The van der Waals surface area contributed by atoms with Crippen LogP contribution in [0.2, 0.25) is 0 Å². The average Bonchev–Trinajstić information content (AvgIpc) is 3.05. The highest BCUT2D eigenvalue weighted by Crippen LogP contribution is 2.38. The first-order valence-electron chi connectivity index (χ1n) is 8.45. The van der Waals surface area contributed by atoms with Crippen LogP contribution < -0.4 is 4.90 Å². The summed E-state index contributed by atoms with van der Waals surface area (Å²) in [6.45, 7) is 6.66. The number of piperazine rings is 1. The second-order valence-electron chi connectivity index (χ2n) is 6.28. The Morgan fingerprint density at radius 1 is 1.08 bits per heavy atom. The fourth-order valence-corrected chi connectivity index (χ4v) is 4.31. The topological polar surface area (TPSA) is 49.3 Å². The number of benzene rings is 1. The van der Waals surface area contributed by atoms with Crippen LogP contribution in [0.4, 0.5) is 5.82 Å². The molecule has 3 aromatic rings. The lowest BCUT2D eigenvalue weighted by molar-refractivity contribution is -0.129. The Labute approximate surface area is 150 Å². The van der Waals surface area contributed by atoms with E-state index < -0.39 is 0 Å². The number of aryl methyl sites for hydroxylation is 1. The van der Waals surface area contributed by atoms with E-state index in [-0.39, 0.29) is 5.91 Å². The minimum atomic E-state index is 0.143. The lowest BCUT2D eigenvalue weighted by Crippen LogP contribution is -2.48. The Kier molecular flexibility index (Phi) is 4.13. The van der Waals surface area contributed by atoms with Crippen molar-refractivity contribution in [2.24, 2.45) is 0 Å². The van der Waals surface area contributed by atoms with Gasteiger partial charge >= 0.3 is 0 Å². The van der Waals surface area contributed by atoms with E-state index in [0.717, 1.165) is 48.0 Å². The molecular formula is C19H20N4OS. The van der Waals surface area contributed by atoms with Gasteiger partial charge in [0.25, 0.3) is 0 Å². The number of hydrogen-bond acceptors (Lipinski definition) is 5. The number of carbonyl (C=O) groups is 1. The molecule has 25 heavy (non-hydrogen) atoms. The molecule has 0 atom stereocenters. The molecule has 4 rings (SSSR count). The van der Waals surface area contributed by atoms with Crippen LogP contribution in [0.15, 0.2) is 35.7 Å². The molecule has 1 aromatic carbocycles. The molecule has 0 spiro atoms. The molecule has 2 aromatic heterocycles. The van der Waals surface area contributed by atoms with Crippen LogP contribution in [0.25, 0.3) is 21.3 Å². The van der Waals surface area contributed by atoms with E-state index in [1.165, 1.54) is 11.1 Å². The lowest BCUT2D eigenvalue weighted by Gasteiger charge is -2.35. The van der Waals surface area contributed by atoms with Gasteiger partial charge in [-0.15, -0.1) is 11.3 Å². The molecule has 1 aliphatic rings. The normalized spacial score (nSPS) is 15.0. The van der Waals surface area contributed by atoms with Gasteiger partial charge in [-0.1, -0.05) is 30.3 Å². The van der Waals surface area contributed by atoms with Crippen molar-refractivity contribution in [1.82, 2.24) is 14.9 Å². The third-order valence-electron chi connectivity index (χ3n) is 4.64. The highest BCUT2D eigenvalue weighted by molar-refractivity contribution is 7.17. The molecule has 0 bridgehead atoms. The van der Waals surface area contributed by atoms with E-state index in [9.17, 15) is 4.79 Å². The first-order chi connectivity index (χ1) is 12.1. The molecular weight excluding hydrogens is 332 g/mol. The summed E-state index contributed by atoms with van der Waals surface area (Å²) in [5.41, 5.74) is 2.37. The zero-order valence-electron chi connectivity index (χ0n) is 14.4. The van der Waals surface area contributed by atoms with Crippen molar-refractivity contribution in [3.8, 4) is 11.1 Å². The Bertz CT molecular complexity index is 914. The number of aromatic nitrogens is 2. The van der Waals surface area contributed by atoms with Crippen LogP contribution >= 0.6 is 11.3 Å². The third-order valence-corrected chi connectivity index (χ3v) is 5.51. The quantitative estimate of drug-likeness (QED) is 0.710. The van der Waals surface area contributed by atoms with E-state index in [4.69, 9.17) is 4.98 Å². The largest absolute Gasteiger partial charge is 0.352 e. The summed E-state index contributed by atoms with van der Waals surface area (Å²) in [5, 5.41) is 3.29. The van der Waals surface area contributed by atoms with E-state index in [2.05, 4.69) is 39.5 Å². The van der Waals surface area contributed by atoms with Crippen LogP contribution in [-0.2, 0) is 4.79 Å². The maximum absolute atomic E-state index is 11.6. The lowest BCUT2D eigenvalue weighted by atomic mass is 10.1. The standard InChI is InChI=1S/C19H20N4OS/c1-13-20-18(23-10-8-22(9-11-23)14(2)24)17-16(12-25-19(17)21-13)15-6-4-3-5-7-15/h3-7,12H,8-11H2,1-2H3. The van der Waals surface area contributed by atoms with E-state index in [1.54, 1.807) is 18.3 Å². The summed E-state index contributed by atoms with van der Waals surface area (Å²) in [5.74, 6) is 1.92. The number of rotatable bonds is 2. The van der Waals surface area contributed by atoms with Crippen molar-refractivity contribution >= 4 is 33.3 Å². The number of amides is 1. The molecule has 5 nitrogen and oxygen atoms in total. The van der Waals surface area contributed by atoms with Crippen LogP contribution in [0.5, 0.6) is 0 Å². The minimum Gasteiger partial charge on any atom is -0.352 e. The van der Waals surface area contributed by atoms with Gasteiger partial charge < -0.3 is 9.80 Å². The zero-order chi connectivity index (χ0) is 17.4. The Balaban J connectivity index is 1.78. The Hall–Kier alpha value is -2.47. The maximum Gasteiger partial charge on any atom is 0.219 e. The maximum atomic E-state index is 11.6. The molecule has 6 heteroatoms. The van der Waals surface area contributed by atoms with Crippen molar-refractivity contribution in [2.75, 3.05) is 31.1 Å². The highest BCUT2D eigenvalue weighted by Gasteiger charge is 2.23. The molecule has 0 aliphatic carbocycles. The van der Waals surface area contributed by atoms with Crippen molar-refractivity contribution in [2.45, 2.75) is 13.8 Å². The van der Waals surface area contributed by atoms with Gasteiger partial charge in [0.05, 0.1) is 5.39 Å². The number of thiophene rings is 1. The van der Waals surface area contributed by atoms with Crippen molar-refractivity contribution in [3.63, 3.8) is 0 Å². The van der Waals surface area contributed by atoms with Crippen LogP contribution in [0.1, 0.15) is 12.7 Å². The zero-order valence-corrected chi connectivity index (χ0v) is 15.2. The van der Waals surface area contributed by atoms with E-state index in [0.29, 0.717) is 0 Å². The fourth-order valence-electron chi connectivity index (χ4n) is 3.32. The number of anilines is 1. The number of fused-ring (bicyclic) bond motifs is 1. The van der Waals surface area contributed by atoms with Gasteiger partial charge in [0.15, 0.2) is 0 Å². The summed E-state index contributed by atoms with van der Waals surface area (Å²) in [6, 6.07) is 10.4. The molecule has 1 fully saturated rings. The summed E-state index contributed by atoms with van der Waals surface area (Å²) < 4.78 is 0. The fraction of sp³-hybridized carbons (Fsp3) is 0.316. The molecule has 1 saturated heterocycles. The van der Waals surface area contributed by atoms with Gasteiger partial charge in [-0.05, 0) is 12.5 Å². The van der Waals surface area contributed by atoms with E-state index >= 15 is 0 Å². The number of nitrogens with zero attached hydrogens (tertiary/aromatic N) is 4. The smallest absolute Gasteiger partial charge is 0.219 e. The molecule has 0 radical (unpaired) electrons. The predicted molar refractivity (Wildman–Crippen MR) is 102 cm³/mol. The summed E-state index contributed by atoms with van der Waals surface area (Å²) >= 11 is 1.66. The number of hydrogen-bond donors (Lipinski definition) is 0. The molecule has 3 heterocycles. The molecule has 0 unspecified atom stereocenters. The van der Waals surface area contributed by atoms with Gasteiger partial charge in [-0.3, -0.25) is 4.79 Å². The summed E-state index contributed by atoms with van der Waals surface area (Å²) in [6.07, 6.45) is 0. The van der Waals surface area contributed by atoms with Gasteiger partial charge in [-0.25, -0.2) is 9.97 Å². The van der Waals surface area contributed by atoms with Crippen LogP contribution in [0, 0.1) is 6.92 Å². The molecule has 1 amide bonds. The molecule has 0 saturated carbocycles. The monoisotopic (exact) mass is 352 g/mol. The second kappa shape index (κ2) is 6.44. The SMILES string of the molecule is CC(=O)N1CCN(c2nc(C)nc3scc(-c4ccccc4)c23)CC1. The first kappa shape index (κ1) is 16.0. The summed E-state index contributed by atoms with van der Waals surface area (Å²) in [4.78, 5) is 26.2. The first-order valence-corrected chi connectivity index (χ1v) is 9.33. The highest BCUT2D eigenvalue weighted by atomic mass is 32.1. The second-order valence-corrected chi connectivity index (χ2v) is 7.14. The number of carbonyl (C=O) groups excluding carboxylic acids is 1. The third kappa shape index (κ3) is 2.98. The van der Waals surface area contributed by atoms with Gasteiger partial charge in [0, 0.05) is 44.0 Å². The van der Waals surface area contributed by atoms with Crippen molar-refractivity contribution in [3.05, 3.63) is 41.5 Å². The minimum absolute atomic E-state index is 0.143. The predicted octanol–water partition coefficient (Wildman–Crippen LogP) is 3.34. The van der Waals surface area contributed by atoms with E-state index in [1.807, 2.05) is 17.9 Å². The molecule has 1 aliphatic heterocycles. The van der Waals surface area contributed by atoms with Gasteiger partial charge in [0.2, 0.25) is 5.91 Å². The van der Waals surface area contributed by atoms with Gasteiger partial charge in [0.1, 0.15) is 16.5 Å². The van der Waals surface area contributed by atoms with Crippen molar-refractivity contribution in [1.29, 1.82) is 0 Å². The summed E-state index contributed by atoms with van der Waals surface area (Å²) in [7, 11) is 0. The van der Waals surface area contributed by atoms with Crippen molar-refractivity contribution < 1.29 is 4.79 Å². The van der Waals surface area contributed by atoms with Crippen LogP contribution in [-0.4, -0.2) is 47.0 Å². The molecule has 128 valence electrons. The Morgan fingerprint density at radius 3 is 2.48 bits per heavy atom. The van der Waals surface area contributed by atoms with Gasteiger partial charge in [-0.2, -0.15) is 0 Å².